The van der Waals surface area contributed by atoms with E-state index >= 15 is 0 Å². The van der Waals surface area contributed by atoms with Crippen LogP contribution in [0.4, 0.5) is 11.5 Å². The quantitative estimate of drug-likeness (QED) is 0.479. The molecule has 0 bridgehead atoms. The summed E-state index contributed by atoms with van der Waals surface area (Å²) in [6.07, 6.45) is 5.13. The van der Waals surface area contributed by atoms with Crippen LogP contribution in [0.15, 0.2) is 36.8 Å². The van der Waals surface area contributed by atoms with E-state index < -0.39 is 6.10 Å². The molecule has 8 heteroatoms. The van der Waals surface area contributed by atoms with Crippen molar-refractivity contribution in [1.82, 2.24) is 24.8 Å². The van der Waals surface area contributed by atoms with Crippen LogP contribution >= 0.6 is 0 Å². The van der Waals surface area contributed by atoms with Gasteiger partial charge in [-0.2, -0.15) is 0 Å². The van der Waals surface area contributed by atoms with Crippen molar-refractivity contribution in [1.29, 1.82) is 0 Å². The standard InChI is InChI=1S/C19H18N6O2/c1-10(26)25-9-11(27)7-15(25)19-23-16-12-4-6-20-8-14(12)22-18-13(17(16)24-19)3-2-5-21-18/h2-6,8,11,15,27H,7,9H2,1H3,(H,21,22)(H,23,24). The summed E-state index contributed by atoms with van der Waals surface area (Å²) in [7, 11) is 0. The van der Waals surface area contributed by atoms with Gasteiger partial charge >= 0.3 is 0 Å². The van der Waals surface area contributed by atoms with Gasteiger partial charge in [-0.25, -0.2) is 9.97 Å². The molecule has 2 atom stereocenters. The number of imidazole rings is 1. The van der Waals surface area contributed by atoms with Gasteiger partial charge in [0.2, 0.25) is 5.91 Å². The summed E-state index contributed by atoms with van der Waals surface area (Å²) < 4.78 is 0. The zero-order valence-corrected chi connectivity index (χ0v) is 14.7. The van der Waals surface area contributed by atoms with E-state index in [1.165, 1.54) is 6.92 Å². The topological polar surface area (TPSA) is 107 Å². The Kier molecular flexibility index (Phi) is 3.48. The van der Waals surface area contributed by atoms with E-state index in [0.717, 1.165) is 28.2 Å². The zero-order valence-electron chi connectivity index (χ0n) is 14.7. The summed E-state index contributed by atoms with van der Waals surface area (Å²) in [6, 6.07) is 5.47. The Morgan fingerprint density at radius 3 is 3.04 bits per heavy atom. The highest BCUT2D eigenvalue weighted by molar-refractivity contribution is 5.94. The maximum Gasteiger partial charge on any atom is 0.220 e. The number of aromatic nitrogens is 4. The van der Waals surface area contributed by atoms with E-state index in [1.54, 1.807) is 23.5 Å². The van der Waals surface area contributed by atoms with Crippen molar-refractivity contribution in [3.8, 4) is 22.5 Å². The van der Waals surface area contributed by atoms with Gasteiger partial charge in [-0.05, 0) is 18.2 Å². The second kappa shape index (κ2) is 5.88. The average molecular weight is 362 g/mol. The van der Waals surface area contributed by atoms with Crippen LogP contribution < -0.4 is 5.32 Å². The highest BCUT2D eigenvalue weighted by Gasteiger charge is 2.37. The molecule has 3 aromatic rings. The van der Waals surface area contributed by atoms with Crippen LogP contribution in [0.2, 0.25) is 0 Å². The first kappa shape index (κ1) is 16.0. The van der Waals surface area contributed by atoms with Crippen molar-refractivity contribution in [3.63, 3.8) is 0 Å². The Morgan fingerprint density at radius 1 is 1.30 bits per heavy atom. The number of nitrogens with zero attached hydrogens (tertiary/aromatic N) is 4. The average Bonchev–Trinajstić information content (AvgIpc) is 3.24. The Hall–Kier alpha value is -3.26. The van der Waals surface area contributed by atoms with Gasteiger partial charge < -0.3 is 20.3 Å². The van der Waals surface area contributed by atoms with Crippen LogP contribution in [0.25, 0.3) is 22.5 Å². The summed E-state index contributed by atoms with van der Waals surface area (Å²) in [4.78, 5) is 30.6. The lowest BCUT2D eigenvalue weighted by Gasteiger charge is -2.21. The number of β-amino-alcohol motifs (C(OH)–C–C–N with tert-alkyl or cyclic N) is 1. The number of likely N-dealkylation sites (tertiary alicyclic amines) is 1. The van der Waals surface area contributed by atoms with Crippen molar-refractivity contribution in [2.24, 2.45) is 0 Å². The number of carbonyl (C=O) groups excluding carboxylic acids is 1. The molecular weight excluding hydrogens is 344 g/mol. The van der Waals surface area contributed by atoms with E-state index in [-0.39, 0.29) is 11.9 Å². The molecule has 136 valence electrons. The van der Waals surface area contributed by atoms with Gasteiger partial charge in [-0.3, -0.25) is 9.78 Å². The lowest BCUT2D eigenvalue weighted by atomic mass is 10.1. The zero-order chi connectivity index (χ0) is 18.5. The second-order valence-corrected chi connectivity index (χ2v) is 6.87. The number of anilines is 2. The third kappa shape index (κ3) is 2.48. The Balaban J connectivity index is 1.70. The van der Waals surface area contributed by atoms with Crippen LogP contribution in [0.1, 0.15) is 25.2 Å². The molecule has 1 saturated heterocycles. The van der Waals surface area contributed by atoms with Gasteiger partial charge in [0.25, 0.3) is 0 Å². The minimum absolute atomic E-state index is 0.0727. The summed E-state index contributed by atoms with van der Waals surface area (Å²) in [5.74, 6) is 1.31. The number of aromatic amines is 1. The Morgan fingerprint density at radius 2 is 2.19 bits per heavy atom. The van der Waals surface area contributed by atoms with Crippen molar-refractivity contribution < 1.29 is 9.90 Å². The Labute approximate surface area is 155 Å². The molecule has 1 fully saturated rings. The van der Waals surface area contributed by atoms with Gasteiger partial charge in [0.05, 0.1) is 29.7 Å². The van der Waals surface area contributed by atoms with Crippen LogP contribution in [-0.4, -0.2) is 48.5 Å². The summed E-state index contributed by atoms with van der Waals surface area (Å²) >= 11 is 0. The lowest BCUT2D eigenvalue weighted by molar-refractivity contribution is -0.130. The highest BCUT2D eigenvalue weighted by atomic mass is 16.3. The van der Waals surface area contributed by atoms with Gasteiger partial charge in [-0.15, -0.1) is 0 Å². The maximum atomic E-state index is 12.0. The van der Waals surface area contributed by atoms with Crippen LogP contribution in [0.3, 0.4) is 0 Å². The fourth-order valence-corrected chi connectivity index (χ4v) is 3.90. The minimum atomic E-state index is -0.545. The minimum Gasteiger partial charge on any atom is -0.391 e. The number of nitrogens with one attached hydrogen (secondary N) is 2. The van der Waals surface area contributed by atoms with Crippen molar-refractivity contribution in [2.45, 2.75) is 25.5 Å². The number of hydrogen-bond donors (Lipinski definition) is 3. The molecule has 2 unspecified atom stereocenters. The number of pyridine rings is 2. The molecule has 2 aliphatic heterocycles. The number of H-pyrrole nitrogens is 1. The molecule has 0 spiro atoms. The molecule has 0 aromatic carbocycles. The first-order valence-electron chi connectivity index (χ1n) is 8.84. The van der Waals surface area contributed by atoms with Gasteiger partial charge in [0, 0.05) is 43.4 Å². The number of fused-ring (bicyclic) bond motifs is 5. The van der Waals surface area contributed by atoms with Crippen molar-refractivity contribution in [3.05, 3.63) is 42.6 Å². The van der Waals surface area contributed by atoms with Crippen molar-refractivity contribution >= 4 is 17.4 Å². The molecule has 3 aromatic heterocycles. The van der Waals surface area contributed by atoms with E-state index in [2.05, 4.69) is 20.3 Å². The summed E-state index contributed by atoms with van der Waals surface area (Å²) in [5, 5.41) is 13.4. The second-order valence-electron chi connectivity index (χ2n) is 6.87. The molecule has 3 N–H and O–H groups in total. The van der Waals surface area contributed by atoms with Gasteiger partial charge in [-0.1, -0.05) is 0 Å². The molecular formula is C19H18N6O2. The summed E-state index contributed by atoms with van der Waals surface area (Å²) in [6.45, 7) is 1.84. The van der Waals surface area contributed by atoms with Crippen LogP contribution in [-0.2, 0) is 4.79 Å². The van der Waals surface area contributed by atoms with E-state index in [1.807, 2.05) is 18.2 Å². The molecule has 5 heterocycles. The fraction of sp³-hybridized carbons (Fsp3) is 0.263. The number of amides is 1. The SMILES string of the molecule is CC(=O)N1CC(O)CC1c1nc2c([nH]1)-c1ccncc1Nc1ncccc1-2. The summed E-state index contributed by atoms with van der Waals surface area (Å²) in [5.41, 5.74) is 4.27. The van der Waals surface area contributed by atoms with E-state index in [0.29, 0.717) is 24.6 Å². The smallest absolute Gasteiger partial charge is 0.220 e. The number of carbonyl (C=O) groups is 1. The van der Waals surface area contributed by atoms with Gasteiger partial charge in [0.1, 0.15) is 17.3 Å². The molecule has 27 heavy (non-hydrogen) atoms. The number of hydrogen-bond acceptors (Lipinski definition) is 6. The van der Waals surface area contributed by atoms with Gasteiger partial charge in [0.15, 0.2) is 0 Å². The fourth-order valence-electron chi connectivity index (χ4n) is 3.90. The lowest BCUT2D eigenvalue weighted by Crippen LogP contribution is -2.29. The monoisotopic (exact) mass is 362 g/mol. The van der Waals surface area contributed by atoms with Crippen molar-refractivity contribution in [2.75, 3.05) is 11.9 Å². The number of rotatable bonds is 1. The predicted molar refractivity (Wildman–Crippen MR) is 99.1 cm³/mol. The number of aliphatic hydroxyl groups excluding tert-OH is 1. The predicted octanol–water partition coefficient (Wildman–Crippen LogP) is 2.24. The number of aliphatic hydroxyl groups is 1. The van der Waals surface area contributed by atoms with Crippen LogP contribution in [0.5, 0.6) is 0 Å². The molecule has 8 nitrogen and oxygen atoms in total. The molecule has 1 amide bonds. The first-order chi connectivity index (χ1) is 13.1. The molecule has 0 aliphatic carbocycles. The third-order valence-corrected chi connectivity index (χ3v) is 5.13. The molecule has 2 aliphatic rings. The Bertz CT molecular complexity index is 983. The van der Waals surface area contributed by atoms with E-state index in [9.17, 15) is 9.90 Å². The molecule has 5 rings (SSSR count). The highest BCUT2D eigenvalue weighted by Crippen LogP contribution is 2.43. The largest absolute Gasteiger partial charge is 0.391 e. The molecule has 0 radical (unpaired) electrons. The van der Waals surface area contributed by atoms with E-state index in [4.69, 9.17) is 4.98 Å². The third-order valence-electron chi connectivity index (χ3n) is 5.13. The maximum absolute atomic E-state index is 12.0. The molecule has 0 saturated carbocycles. The normalized spacial score (nSPS) is 20.3. The first-order valence-corrected chi connectivity index (χ1v) is 8.84. The van der Waals surface area contributed by atoms with Crippen LogP contribution in [0, 0.1) is 0 Å².